The van der Waals surface area contributed by atoms with Crippen LogP contribution in [0.1, 0.15) is 30.1 Å². The number of rotatable bonds is 3. The summed E-state index contributed by atoms with van der Waals surface area (Å²) in [4.78, 5) is 8.92. The van der Waals surface area contributed by atoms with Gasteiger partial charge in [-0.2, -0.15) is 0 Å². The standard InChI is InChI=1S/C14H15ClN4/c1-8-12(16)18-14(9-6-7-9)19-13(8)17-11-5-3-2-4-10(11)15/h2-5,9H,6-7H2,1H3,(H3,16,17,18,19). The molecule has 3 rings (SSSR count). The molecule has 5 heteroatoms. The highest BCUT2D eigenvalue weighted by molar-refractivity contribution is 6.33. The van der Waals surface area contributed by atoms with Crippen LogP contribution in [0.4, 0.5) is 17.3 Å². The van der Waals surface area contributed by atoms with Crippen molar-refractivity contribution in [3.05, 3.63) is 40.7 Å². The Morgan fingerprint density at radius 1 is 1.26 bits per heavy atom. The Morgan fingerprint density at radius 3 is 2.68 bits per heavy atom. The maximum Gasteiger partial charge on any atom is 0.139 e. The average Bonchev–Trinajstić information content (AvgIpc) is 3.21. The Morgan fingerprint density at radius 2 is 2.00 bits per heavy atom. The van der Waals surface area contributed by atoms with Crippen molar-refractivity contribution in [2.24, 2.45) is 0 Å². The highest BCUT2D eigenvalue weighted by Crippen LogP contribution is 2.39. The van der Waals surface area contributed by atoms with Crippen LogP contribution in [0.25, 0.3) is 0 Å². The third kappa shape index (κ3) is 2.49. The second-order valence-corrected chi connectivity index (χ2v) is 5.23. The van der Waals surface area contributed by atoms with Gasteiger partial charge in [-0.25, -0.2) is 9.97 Å². The van der Waals surface area contributed by atoms with Crippen molar-refractivity contribution >= 4 is 28.9 Å². The molecular weight excluding hydrogens is 260 g/mol. The van der Waals surface area contributed by atoms with Gasteiger partial charge in [-0.15, -0.1) is 0 Å². The maximum absolute atomic E-state index is 6.14. The van der Waals surface area contributed by atoms with E-state index in [-0.39, 0.29) is 0 Å². The molecule has 1 heterocycles. The lowest BCUT2D eigenvalue weighted by atomic mass is 10.2. The van der Waals surface area contributed by atoms with E-state index in [9.17, 15) is 0 Å². The Balaban J connectivity index is 1.98. The van der Waals surface area contributed by atoms with Crippen molar-refractivity contribution in [3.8, 4) is 0 Å². The number of para-hydroxylation sites is 1. The predicted octanol–water partition coefficient (Wildman–Crippen LogP) is 3.64. The van der Waals surface area contributed by atoms with Gasteiger partial charge in [-0.1, -0.05) is 23.7 Å². The number of halogens is 1. The second kappa shape index (κ2) is 4.70. The molecule has 19 heavy (non-hydrogen) atoms. The molecule has 1 aromatic carbocycles. The summed E-state index contributed by atoms with van der Waals surface area (Å²) in [6.07, 6.45) is 2.29. The fourth-order valence-electron chi connectivity index (χ4n) is 1.89. The van der Waals surface area contributed by atoms with Gasteiger partial charge in [0.15, 0.2) is 0 Å². The summed E-state index contributed by atoms with van der Waals surface area (Å²) in [5.74, 6) is 2.57. The molecule has 0 bridgehead atoms. The van der Waals surface area contributed by atoms with Gasteiger partial charge in [0.1, 0.15) is 17.5 Å². The number of nitrogens with one attached hydrogen (secondary N) is 1. The van der Waals surface area contributed by atoms with E-state index in [0.29, 0.717) is 16.8 Å². The van der Waals surface area contributed by atoms with Crippen LogP contribution in [0, 0.1) is 6.92 Å². The van der Waals surface area contributed by atoms with E-state index in [0.717, 1.165) is 35.7 Å². The largest absolute Gasteiger partial charge is 0.383 e. The van der Waals surface area contributed by atoms with Crippen LogP contribution in [0.2, 0.25) is 5.02 Å². The van der Waals surface area contributed by atoms with Crippen molar-refractivity contribution in [1.82, 2.24) is 9.97 Å². The van der Waals surface area contributed by atoms with Gasteiger partial charge in [0.25, 0.3) is 0 Å². The van der Waals surface area contributed by atoms with Crippen molar-refractivity contribution < 1.29 is 0 Å². The van der Waals surface area contributed by atoms with Gasteiger partial charge < -0.3 is 11.1 Å². The molecular formula is C14H15ClN4. The number of aromatic nitrogens is 2. The fraction of sp³-hybridized carbons (Fsp3) is 0.286. The lowest BCUT2D eigenvalue weighted by molar-refractivity contribution is 0.928. The molecule has 0 aliphatic heterocycles. The SMILES string of the molecule is Cc1c(N)nc(C2CC2)nc1Nc1ccccc1Cl. The van der Waals surface area contributed by atoms with Crippen LogP contribution >= 0.6 is 11.6 Å². The number of anilines is 3. The topological polar surface area (TPSA) is 63.8 Å². The minimum absolute atomic E-state index is 0.467. The molecule has 0 spiro atoms. The first kappa shape index (κ1) is 12.2. The van der Waals surface area contributed by atoms with E-state index in [1.165, 1.54) is 0 Å². The molecule has 1 aliphatic carbocycles. The van der Waals surface area contributed by atoms with Gasteiger partial charge in [-0.3, -0.25) is 0 Å². The smallest absolute Gasteiger partial charge is 0.139 e. The van der Waals surface area contributed by atoms with Crippen molar-refractivity contribution in [1.29, 1.82) is 0 Å². The van der Waals surface area contributed by atoms with E-state index in [1.807, 2.05) is 31.2 Å². The average molecular weight is 275 g/mol. The molecule has 98 valence electrons. The lowest BCUT2D eigenvalue weighted by Crippen LogP contribution is -2.06. The zero-order valence-corrected chi connectivity index (χ0v) is 11.4. The molecule has 1 fully saturated rings. The zero-order valence-electron chi connectivity index (χ0n) is 10.7. The molecule has 0 atom stereocenters. The number of nitrogens with two attached hydrogens (primary N) is 1. The first-order valence-corrected chi connectivity index (χ1v) is 6.68. The van der Waals surface area contributed by atoms with Crippen LogP contribution in [0.15, 0.2) is 24.3 Å². The molecule has 1 aliphatic rings. The van der Waals surface area contributed by atoms with E-state index in [1.54, 1.807) is 0 Å². The first-order valence-electron chi connectivity index (χ1n) is 6.30. The molecule has 2 aromatic rings. The molecule has 0 unspecified atom stereocenters. The minimum Gasteiger partial charge on any atom is -0.383 e. The van der Waals surface area contributed by atoms with Gasteiger partial charge in [0.05, 0.1) is 10.7 Å². The molecule has 0 radical (unpaired) electrons. The van der Waals surface area contributed by atoms with E-state index >= 15 is 0 Å². The van der Waals surface area contributed by atoms with Crippen molar-refractivity contribution in [3.63, 3.8) is 0 Å². The summed E-state index contributed by atoms with van der Waals surface area (Å²) < 4.78 is 0. The zero-order chi connectivity index (χ0) is 13.4. The third-order valence-electron chi connectivity index (χ3n) is 3.27. The van der Waals surface area contributed by atoms with Crippen molar-refractivity contribution in [2.45, 2.75) is 25.7 Å². The molecule has 3 N–H and O–H groups in total. The van der Waals surface area contributed by atoms with Crippen molar-refractivity contribution in [2.75, 3.05) is 11.1 Å². The summed E-state index contributed by atoms with van der Waals surface area (Å²) in [6.45, 7) is 1.91. The summed E-state index contributed by atoms with van der Waals surface area (Å²) in [6, 6.07) is 7.57. The number of nitrogens with zero attached hydrogens (tertiary/aromatic N) is 2. The number of hydrogen-bond donors (Lipinski definition) is 2. The second-order valence-electron chi connectivity index (χ2n) is 4.82. The predicted molar refractivity (Wildman–Crippen MR) is 77.9 cm³/mol. The van der Waals surface area contributed by atoms with E-state index < -0.39 is 0 Å². The minimum atomic E-state index is 0.467. The van der Waals surface area contributed by atoms with Gasteiger partial charge >= 0.3 is 0 Å². The van der Waals surface area contributed by atoms with E-state index in [2.05, 4.69) is 15.3 Å². The summed E-state index contributed by atoms with van der Waals surface area (Å²) in [5, 5.41) is 3.90. The molecule has 0 saturated heterocycles. The van der Waals surface area contributed by atoms with E-state index in [4.69, 9.17) is 17.3 Å². The number of nitrogen functional groups attached to an aromatic ring is 1. The lowest BCUT2D eigenvalue weighted by Gasteiger charge is -2.12. The maximum atomic E-state index is 6.14. The van der Waals surface area contributed by atoms with Crippen LogP contribution in [0.3, 0.4) is 0 Å². The van der Waals surface area contributed by atoms with Gasteiger partial charge in [0.2, 0.25) is 0 Å². The Hall–Kier alpha value is -1.81. The number of benzene rings is 1. The highest BCUT2D eigenvalue weighted by Gasteiger charge is 2.28. The molecule has 1 saturated carbocycles. The Labute approximate surface area is 117 Å². The van der Waals surface area contributed by atoms with Crippen LogP contribution < -0.4 is 11.1 Å². The Kier molecular flexibility index (Phi) is 3.03. The summed E-state index contributed by atoms with van der Waals surface area (Å²) >= 11 is 6.14. The molecule has 0 amide bonds. The van der Waals surface area contributed by atoms with Crippen LogP contribution in [-0.4, -0.2) is 9.97 Å². The Bertz CT molecular complexity index is 623. The summed E-state index contributed by atoms with van der Waals surface area (Å²) in [5.41, 5.74) is 7.63. The normalized spacial score (nSPS) is 14.4. The first-order chi connectivity index (χ1) is 9.15. The molecule has 4 nitrogen and oxygen atoms in total. The monoisotopic (exact) mass is 274 g/mol. The third-order valence-corrected chi connectivity index (χ3v) is 3.60. The summed E-state index contributed by atoms with van der Waals surface area (Å²) in [7, 11) is 0. The quantitative estimate of drug-likeness (QED) is 0.897. The fourth-order valence-corrected chi connectivity index (χ4v) is 2.07. The van der Waals surface area contributed by atoms with Gasteiger partial charge in [-0.05, 0) is 31.9 Å². The molecule has 1 aromatic heterocycles. The highest BCUT2D eigenvalue weighted by atomic mass is 35.5. The van der Waals surface area contributed by atoms with Crippen LogP contribution in [-0.2, 0) is 0 Å². The number of hydrogen-bond acceptors (Lipinski definition) is 4. The van der Waals surface area contributed by atoms with Gasteiger partial charge in [0, 0.05) is 11.5 Å². The van der Waals surface area contributed by atoms with Crippen LogP contribution in [0.5, 0.6) is 0 Å².